The van der Waals surface area contributed by atoms with Crippen molar-refractivity contribution in [2.24, 2.45) is 0 Å². The second-order valence-corrected chi connectivity index (χ2v) is 8.48. The number of para-hydroxylation sites is 1. The van der Waals surface area contributed by atoms with Crippen LogP contribution in [-0.4, -0.2) is 47.7 Å². The van der Waals surface area contributed by atoms with Gasteiger partial charge in [0.1, 0.15) is 0 Å². The Hall–Kier alpha value is -1.10. The van der Waals surface area contributed by atoms with Crippen molar-refractivity contribution >= 4 is 30.6 Å². The van der Waals surface area contributed by atoms with E-state index in [0.717, 1.165) is 31.6 Å². The minimum absolute atomic E-state index is 0.359. The smallest absolute Gasteiger partial charge is 0.337 e. The Bertz CT molecular complexity index is 582. The van der Waals surface area contributed by atoms with E-state index in [0.29, 0.717) is 11.2 Å². The zero-order valence-electron chi connectivity index (χ0n) is 12.4. The molecule has 21 heavy (non-hydrogen) atoms. The van der Waals surface area contributed by atoms with Crippen LogP contribution >= 0.6 is 19.8 Å². The van der Waals surface area contributed by atoms with Gasteiger partial charge in [0, 0.05) is 38.9 Å². The molecule has 1 N–H and O–H groups in total. The standard InChI is InChI=1S/C14H21N4OPS/c1-15-14(21)16(2)20(19)17-10-6-9-13(17)11-18(20)12-7-4-3-5-8-12/h3-5,7-8,13H,6,9-11H2,1-2H3,(H,15,21)/t13-,20-/m0/s1. The van der Waals surface area contributed by atoms with Crippen LogP contribution in [0.15, 0.2) is 30.3 Å². The summed E-state index contributed by atoms with van der Waals surface area (Å²) in [4.78, 5) is 0. The predicted octanol–water partition coefficient (Wildman–Crippen LogP) is 2.52. The first-order valence-corrected chi connectivity index (χ1v) is 9.22. The summed E-state index contributed by atoms with van der Waals surface area (Å²) in [5.41, 5.74) is 1.00. The molecule has 2 fully saturated rings. The molecular formula is C14H21N4OPS. The van der Waals surface area contributed by atoms with Gasteiger partial charge in [-0.05, 0) is 37.2 Å². The van der Waals surface area contributed by atoms with Crippen molar-refractivity contribution < 1.29 is 4.57 Å². The van der Waals surface area contributed by atoms with Crippen LogP contribution in [0.1, 0.15) is 12.8 Å². The average Bonchev–Trinajstić information content (AvgIpc) is 3.09. The quantitative estimate of drug-likeness (QED) is 0.666. The van der Waals surface area contributed by atoms with E-state index in [1.165, 1.54) is 0 Å². The highest BCUT2D eigenvalue weighted by atomic mass is 32.1. The summed E-state index contributed by atoms with van der Waals surface area (Å²) in [5.74, 6) is 0. The van der Waals surface area contributed by atoms with Gasteiger partial charge in [0.25, 0.3) is 0 Å². The van der Waals surface area contributed by atoms with E-state index in [2.05, 4.69) is 9.99 Å². The summed E-state index contributed by atoms with van der Waals surface area (Å²) >= 11 is 5.34. The maximum atomic E-state index is 13.9. The number of thiocarbonyl (C=S) groups is 1. The maximum Gasteiger partial charge on any atom is 0.337 e. The molecule has 1 aromatic rings. The van der Waals surface area contributed by atoms with Crippen molar-refractivity contribution in [3.8, 4) is 0 Å². The lowest BCUT2D eigenvalue weighted by molar-refractivity contribution is 0.407. The molecule has 0 aliphatic carbocycles. The fourth-order valence-electron chi connectivity index (χ4n) is 3.26. The van der Waals surface area contributed by atoms with Crippen LogP contribution in [0.25, 0.3) is 0 Å². The topological polar surface area (TPSA) is 38.8 Å². The zero-order valence-corrected chi connectivity index (χ0v) is 14.1. The Balaban J connectivity index is 2.03. The number of rotatable bonds is 2. The van der Waals surface area contributed by atoms with Gasteiger partial charge in [-0.1, -0.05) is 18.2 Å². The van der Waals surface area contributed by atoms with Gasteiger partial charge in [0.15, 0.2) is 5.11 Å². The highest BCUT2D eigenvalue weighted by molar-refractivity contribution is 7.81. The number of nitrogens with zero attached hydrogens (tertiary/aromatic N) is 3. The van der Waals surface area contributed by atoms with E-state index < -0.39 is 7.59 Å². The molecule has 7 heteroatoms. The third-order valence-electron chi connectivity index (χ3n) is 4.33. The zero-order chi connectivity index (χ0) is 15.0. The molecule has 2 aliphatic rings. The number of fused-ring (bicyclic) bond motifs is 1. The molecule has 5 nitrogen and oxygen atoms in total. The lowest BCUT2D eigenvalue weighted by atomic mass is 10.2. The fourth-order valence-corrected chi connectivity index (χ4v) is 6.72. The van der Waals surface area contributed by atoms with E-state index in [1.807, 2.05) is 42.0 Å². The van der Waals surface area contributed by atoms with Crippen molar-refractivity contribution in [2.45, 2.75) is 18.9 Å². The number of benzene rings is 1. The van der Waals surface area contributed by atoms with Crippen LogP contribution in [0.4, 0.5) is 5.69 Å². The average molecular weight is 324 g/mol. The van der Waals surface area contributed by atoms with E-state index in [4.69, 9.17) is 12.2 Å². The van der Waals surface area contributed by atoms with Crippen molar-refractivity contribution in [1.29, 1.82) is 0 Å². The lowest BCUT2D eigenvalue weighted by Crippen LogP contribution is -2.39. The Morgan fingerprint density at radius 3 is 2.81 bits per heavy atom. The Kier molecular flexibility index (Phi) is 3.95. The molecule has 2 aliphatic heterocycles. The lowest BCUT2D eigenvalue weighted by Gasteiger charge is -2.37. The number of anilines is 1. The van der Waals surface area contributed by atoms with Gasteiger partial charge in [0.2, 0.25) is 0 Å². The van der Waals surface area contributed by atoms with Crippen molar-refractivity contribution in [3.63, 3.8) is 0 Å². The van der Waals surface area contributed by atoms with E-state index in [-0.39, 0.29) is 0 Å². The Morgan fingerprint density at radius 1 is 1.43 bits per heavy atom. The fraction of sp³-hybridized carbons (Fsp3) is 0.500. The van der Waals surface area contributed by atoms with Gasteiger partial charge >= 0.3 is 7.59 Å². The molecule has 0 aromatic heterocycles. The predicted molar refractivity (Wildman–Crippen MR) is 90.5 cm³/mol. The molecular weight excluding hydrogens is 303 g/mol. The van der Waals surface area contributed by atoms with E-state index in [1.54, 1.807) is 11.7 Å². The van der Waals surface area contributed by atoms with E-state index in [9.17, 15) is 4.57 Å². The SMILES string of the molecule is CNC(=S)N(C)[P@@]1(=O)N(c2ccccc2)C[C@@H]2CCCN21. The molecule has 2 saturated heterocycles. The summed E-state index contributed by atoms with van der Waals surface area (Å²) in [6.07, 6.45) is 2.21. The van der Waals surface area contributed by atoms with Crippen LogP contribution in [0.2, 0.25) is 0 Å². The molecule has 0 amide bonds. The second-order valence-electron chi connectivity index (χ2n) is 5.47. The molecule has 3 rings (SSSR count). The van der Waals surface area contributed by atoms with Crippen LogP contribution in [0.3, 0.4) is 0 Å². The molecule has 114 valence electrons. The third kappa shape index (κ3) is 2.26. The monoisotopic (exact) mass is 324 g/mol. The largest absolute Gasteiger partial charge is 0.365 e. The van der Waals surface area contributed by atoms with Gasteiger partial charge in [-0.25, -0.2) is 4.67 Å². The summed E-state index contributed by atoms with van der Waals surface area (Å²) < 4.78 is 19.9. The molecule has 2 heterocycles. The Morgan fingerprint density at radius 2 is 2.14 bits per heavy atom. The third-order valence-corrected chi connectivity index (χ3v) is 8.15. The minimum atomic E-state index is -2.87. The summed E-state index contributed by atoms with van der Waals surface area (Å²) in [6, 6.07) is 10.3. The van der Waals surface area contributed by atoms with Gasteiger partial charge in [-0.3, -0.25) is 13.9 Å². The molecule has 0 bridgehead atoms. The first kappa shape index (κ1) is 14.8. The Labute approximate surface area is 131 Å². The van der Waals surface area contributed by atoms with E-state index >= 15 is 0 Å². The molecule has 1 aromatic carbocycles. The van der Waals surface area contributed by atoms with Crippen LogP contribution in [0.5, 0.6) is 0 Å². The molecule has 0 unspecified atom stereocenters. The van der Waals surface area contributed by atoms with Gasteiger partial charge in [-0.2, -0.15) is 0 Å². The summed E-state index contributed by atoms with van der Waals surface area (Å²) in [6.45, 7) is 1.68. The second kappa shape index (κ2) is 5.59. The number of hydrogen-bond donors (Lipinski definition) is 1. The first-order valence-electron chi connectivity index (χ1n) is 7.25. The van der Waals surface area contributed by atoms with Crippen LogP contribution in [-0.2, 0) is 4.57 Å². The molecule has 0 spiro atoms. The van der Waals surface area contributed by atoms with Gasteiger partial charge in [0.05, 0.1) is 0 Å². The van der Waals surface area contributed by atoms with Crippen molar-refractivity contribution in [3.05, 3.63) is 30.3 Å². The van der Waals surface area contributed by atoms with Gasteiger partial charge < -0.3 is 5.32 Å². The van der Waals surface area contributed by atoms with Gasteiger partial charge in [-0.15, -0.1) is 0 Å². The highest BCUT2D eigenvalue weighted by Crippen LogP contribution is 2.64. The maximum absolute atomic E-state index is 13.9. The minimum Gasteiger partial charge on any atom is -0.365 e. The van der Waals surface area contributed by atoms with Crippen molar-refractivity contribution in [2.75, 3.05) is 31.9 Å². The van der Waals surface area contributed by atoms with Crippen molar-refractivity contribution in [1.82, 2.24) is 14.7 Å². The number of nitrogens with one attached hydrogen (secondary N) is 1. The van der Waals surface area contributed by atoms with Crippen LogP contribution in [0, 0.1) is 0 Å². The molecule has 0 radical (unpaired) electrons. The highest BCUT2D eigenvalue weighted by Gasteiger charge is 2.53. The molecule has 0 saturated carbocycles. The number of hydrogen-bond acceptors (Lipinski definition) is 2. The summed E-state index contributed by atoms with van der Waals surface area (Å²) in [7, 11) is 0.730. The molecule has 2 atom stereocenters. The summed E-state index contributed by atoms with van der Waals surface area (Å²) in [5, 5.41) is 3.47. The first-order chi connectivity index (χ1) is 10.1. The normalized spacial score (nSPS) is 28.5. The van der Waals surface area contributed by atoms with Crippen LogP contribution < -0.4 is 9.99 Å².